The minimum atomic E-state index is -1.12. The van der Waals surface area contributed by atoms with E-state index in [1.54, 1.807) is 0 Å². The largest absolute Gasteiger partial charge is 0.309 e. The van der Waals surface area contributed by atoms with Crippen LogP contribution in [0.3, 0.4) is 0 Å². The van der Waals surface area contributed by atoms with E-state index in [-0.39, 0.29) is 0 Å². The highest BCUT2D eigenvalue weighted by Crippen LogP contribution is 2.42. The number of para-hydroxylation sites is 3. The Morgan fingerprint density at radius 2 is 0.860 bits per heavy atom. The molecule has 0 spiro atoms. The van der Waals surface area contributed by atoms with Gasteiger partial charge < -0.3 is 9.13 Å². The zero-order chi connectivity index (χ0) is 58.3. The van der Waals surface area contributed by atoms with Gasteiger partial charge >= 0.3 is 0 Å². The summed E-state index contributed by atoms with van der Waals surface area (Å²) in [5, 5.41) is -2.37. The van der Waals surface area contributed by atoms with Gasteiger partial charge in [0.15, 0.2) is 17.5 Å². The average Bonchev–Trinajstić information content (AvgIpc) is 3.06. The van der Waals surface area contributed by atoms with Crippen LogP contribution in [0.15, 0.2) is 175 Å². The zero-order valence-electron chi connectivity index (χ0n) is 53.7. The van der Waals surface area contributed by atoms with Crippen LogP contribution in [0.4, 0.5) is 0 Å². The molecule has 234 valence electrons. The van der Waals surface area contributed by atoms with Gasteiger partial charge in [-0.1, -0.05) is 133 Å². The molecule has 0 aliphatic rings. The lowest BCUT2D eigenvalue weighted by Crippen LogP contribution is -2.01. The first kappa shape index (κ1) is 11.6. The van der Waals surface area contributed by atoms with Crippen molar-refractivity contribution in [3.8, 4) is 45.5 Å². The van der Waals surface area contributed by atoms with Crippen LogP contribution in [-0.2, 0) is 0 Å². The van der Waals surface area contributed by atoms with Gasteiger partial charge in [-0.15, -0.1) is 0 Å². The van der Waals surface area contributed by atoms with Gasteiger partial charge in [0, 0.05) is 49.6 Å². The van der Waals surface area contributed by atoms with Crippen molar-refractivity contribution in [1.82, 2.24) is 24.1 Å². The van der Waals surface area contributed by atoms with E-state index in [0.717, 1.165) is 9.13 Å². The van der Waals surface area contributed by atoms with Crippen molar-refractivity contribution in [2.75, 3.05) is 0 Å². The predicted octanol–water partition coefficient (Wildman–Crippen LogP) is 11.1. The number of hydrogen-bond donors (Lipinski definition) is 0. The molecule has 0 unspecified atom stereocenters. The second-order valence-corrected chi connectivity index (χ2v) is 10.3. The van der Waals surface area contributed by atoms with Crippen molar-refractivity contribution in [2.24, 2.45) is 0 Å². The van der Waals surface area contributed by atoms with E-state index in [2.05, 4.69) is 15.0 Å². The summed E-state index contributed by atoms with van der Waals surface area (Å²) in [5.41, 5.74) is -6.83. The highest BCUT2D eigenvalue weighted by molar-refractivity contribution is 6.26. The first-order chi connectivity index (χ1) is 36.9. The van der Waals surface area contributed by atoms with Gasteiger partial charge in [-0.2, -0.15) is 0 Å². The van der Waals surface area contributed by atoms with Crippen molar-refractivity contribution in [1.29, 1.82) is 0 Å². The average molecular weight is 669 g/mol. The molecule has 5 heteroatoms. The summed E-state index contributed by atoms with van der Waals surface area (Å²) >= 11 is 0. The zero-order valence-corrected chi connectivity index (χ0v) is 24.7. The Kier molecular flexibility index (Phi) is 2.65. The molecule has 10 aromatic rings. The van der Waals surface area contributed by atoms with Gasteiger partial charge in [-0.3, -0.25) is 0 Å². The van der Waals surface area contributed by atoms with E-state index in [4.69, 9.17) is 26.0 Å². The van der Waals surface area contributed by atoms with Crippen molar-refractivity contribution in [3.63, 3.8) is 0 Å². The normalized spacial score (nSPS) is 19.7. The Morgan fingerprint density at radius 1 is 0.360 bits per heavy atom. The second-order valence-electron chi connectivity index (χ2n) is 10.3. The fourth-order valence-electron chi connectivity index (χ4n) is 5.62. The number of benzene rings is 7. The summed E-state index contributed by atoms with van der Waals surface area (Å²) in [6.07, 6.45) is 0. The second kappa shape index (κ2) is 11.4. The fraction of sp³-hybridized carbons (Fsp3) is 0. The highest BCUT2D eigenvalue weighted by Gasteiger charge is 2.21. The Balaban J connectivity index is 1.49. The maximum atomic E-state index is 10.0. The van der Waals surface area contributed by atoms with Crippen LogP contribution in [0.2, 0.25) is 0 Å². The Labute approximate surface area is 329 Å². The van der Waals surface area contributed by atoms with Crippen LogP contribution >= 0.6 is 0 Å². The maximum Gasteiger partial charge on any atom is 0.164 e. The molecule has 7 aromatic carbocycles. The summed E-state index contributed by atoms with van der Waals surface area (Å²) < 4.78 is 260. The lowest BCUT2D eigenvalue weighted by atomic mass is 10.1. The summed E-state index contributed by atoms with van der Waals surface area (Å²) in [4.78, 5) is 12.8. The molecule has 3 heterocycles. The van der Waals surface area contributed by atoms with Gasteiger partial charge in [0.05, 0.1) is 61.8 Å². The molecule has 50 heavy (non-hydrogen) atoms. The van der Waals surface area contributed by atoms with Crippen LogP contribution in [0.25, 0.3) is 89.2 Å². The smallest absolute Gasteiger partial charge is 0.164 e. The molecule has 0 N–H and O–H groups in total. The SMILES string of the molecule is [2H]c1c([2H])c([2H])c(-c2nc(-c3c([2H])c([2H])c([2H])c([2H])c3[2H])nc(-c3c([2H])c([2H])c([2H])c(-n4c5c([2H])c([2H])c([2H])c([2H])c5c5c([2H])c([2H])c6c(c7c([2H])c([2H])c([2H])c([2H])c7n6-c6c([2H])c([2H])c([2H])c([2H])c6[2H])c54)c3[2H])n2)c([2H])c1[2H]. The first-order valence-corrected chi connectivity index (χ1v) is 14.4. The number of rotatable bonds is 5. The number of fused-ring (bicyclic) bond motifs is 7. The molecule has 0 fully saturated rings. The molecular formula is C45H29N5. The third kappa shape index (κ3) is 4.45. The predicted molar refractivity (Wildman–Crippen MR) is 205 cm³/mol. The molecule has 0 saturated heterocycles. The molecule has 0 amide bonds. The quantitative estimate of drug-likeness (QED) is 0.183. The molecule has 0 atom stereocenters. The maximum absolute atomic E-state index is 10.0. The van der Waals surface area contributed by atoms with Gasteiger partial charge in [0.1, 0.15) is 0 Å². The van der Waals surface area contributed by atoms with Crippen LogP contribution in [-0.4, -0.2) is 24.1 Å². The summed E-state index contributed by atoms with van der Waals surface area (Å²) in [6, 6.07) is -27.5. The van der Waals surface area contributed by atoms with Gasteiger partial charge in [-0.25, -0.2) is 15.0 Å². The van der Waals surface area contributed by atoms with E-state index < -0.39 is 264 Å². The topological polar surface area (TPSA) is 48.5 Å². The van der Waals surface area contributed by atoms with Gasteiger partial charge in [0.2, 0.25) is 0 Å². The molecular weight excluding hydrogens is 611 g/mol. The van der Waals surface area contributed by atoms with Gasteiger partial charge in [-0.05, 0) is 42.3 Å². The van der Waals surface area contributed by atoms with Crippen molar-refractivity contribution >= 4 is 43.6 Å². The molecule has 0 radical (unpaired) electrons. The molecule has 0 bridgehead atoms. The minimum Gasteiger partial charge on any atom is -0.309 e. The van der Waals surface area contributed by atoms with E-state index in [1.165, 1.54) is 0 Å². The van der Waals surface area contributed by atoms with Crippen molar-refractivity contribution < 1.29 is 39.8 Å². The van der Waals surface area contributed by atoms with Gasteiger partial charge in [0.25, 0.3) is 0 Å². The van der Waals surface area contributed by atoms with E-state index in [0.29, 0.717) is 0 Å². The first-order valence-electron chi connectivity index (χ1n) is 28.9. The standard InChI is InChI=1S/C45H29N5/c1-4-15-30(16-5-1)43-46-44(31-17-6-2-7-18-31)48-45(47-43)32-19-14-22-34(29-32)50-38-25-12-10-23-35(38)36-27-28-40-41(42(36)50)37-24-11-13-26-39(37)49(40)33-20-8-3-9-21-33/h1-29H/i1D,2D,3D,4D,5D,6D,7D,8D,9D,10D,11D,12D,13D,14D,15D,16D,17D,18D,19D,20D,21D,22D,23D,24D,25D,26D,27D,28D,29D. The third-order valence-electron chi connectivity index (χ3n) is 7.60. The number of nitrogens with zero attached hydrogens (tertiary/aromatic N) is 5. The summed E-state index contributed by atoms with van der Waals surface area (Å²) in [7, 11) is 0. The van der Waals surface area contributed by atoms with E-state index >= 15 is 0 Å². The fourth-order valence-corrected chi connectivity index (χ4v) is 5.62. The third-order valence-corrected chi connectivity index (χ3v) is 7.60. The summed E-state index contributed by atoms with van der Waals surface area (Å²) in [6.45, 7) is 0. The molecule has 0 aliphatic carbocycles. The molecule has 0 aliphatic heterocycles. The lowest BCUT2D eigenvalue weighted by Gasteiger charge is -2.12. The van der Waals surface area contributed by atoms with E-state index in [9.17, 15) is 13.7 Å². The Bertz CT molecular complexity index is 4370. The van der Waals surface area contributed by atoms with Crippen LogP contribution in [0.5, 0.6) is 0 Å². The lowest BCUT2D eigenvalue weighted by molar-refractivity contribution is 1.07. The molecule has 5 nitrogen and oxygen atoms in total. The number of aromatic nitrogens is 5. The Hall–Kier alpha value is -6.85. The van der Waals surface area contributed by atoms with Crippen LogP contribution in [0.1, 0.15) is 39.8 Å². The Morgan fingerprint density at radius 3 is 1.52 bits per heavy atom. The monoisotopic (exact) mass is 668 g/mol. The van der Waals surface area contributed by atoms with Crippen LogP contribution < -0.4 is 0 Å². The molecule has 0 saturated carbocycles. The number of hydrogen-bond acceptors (Lipinski definition) is 3. The highest BCUT2D eigenvalue weighted by atomic mass is 15.0. The van der Waals surface area contributed by atoms with Crippen LogP contribution in [0, 0.1) is 0 Å². The summed E-state index contributed by atoms with van der Waals surface area (Å²) in [5.74, 6) is -2.68. The van der Waals surface area contributed by atoms with Crippen molar-refractivity contribution in [2.45, 2.75) is 0 Å². The molecule has 10 rings (SSSR count). The molecule has 3 aromatic heterocycles. The van der Waals surface area contributed by atoms with Crippen molar-refractivity contribution in [3.05, 3.63) is 175 Å². The minimum absolute atomic E-state index is 0.577. The van der Waals surface area contributed by atoms with E-state index in [1.807, 2.05) is 0 Å².